The lowest BCUT2D eigenvalue weighted by Crippen LogP contribution is -2.16. The minimum absolute atomic E-state index is 0.702. The molecule has 2 aromatic heterocycles. The zero-order valence-electron chi connectivity index (χ0n) is 9.60. The van der Waals surface area contributed by atoms with Crippen molar-refractivity contribution >= 4 is 0 Å². The molecule has 0 saturated heterocycles. The summed E-state index contributed by atoms with van der Waals surface area (Å²) in [5.74, 6) is 1.93. The molecule has 2 aromatic rings. The Morgan fingerprint density at radius 1 is 1.44 bits per heavy atom. The van der Waals surface area contributed by atoms with Crippen LogP contribution in [0.1, 0.15) is 24.1 Å². The molecule has 0 fully saturated rings. The van der Waals surface area contributed by atoms with Crippen LogP contribution in [0.2, 0.25) is 0 Å². The SMILES string of the molecule is CCn1cnnc1CNCc1occc1C. The maximum atomic E-state index is 5.33. The van der Waals surface area contributed by atoms with Gasteiger partial charge < -0.3 is 14.3 Å². The molecule has 5 nitrogen and oxygen atoms in total. The molecule has 0 aliphatic rings. The van der Waals surface area contributed by atoms with Gasteiger partial charge in [-0.25, -0.2) is 0 Å². The van der Waals surface area contributed by atoms with E-state index in [0.717, 1.165) is 24.7 Å². The number of rotatable bonds is 5. The average Bonchev–Trinajstić information content (AvgIpc) is 2.88. The lowest BCUT2D eigenvalue weighted by atomic mass is 10.3. The molecule has 0 saturated carbocycles. The maximum Gasteiger partial charge on any atom is 0.146 e. The van der Waals surface area contributed by atoms with Gasteiger partial charge in [0, 0.05) is 6.54 Å². The Labute approximate surface area is 94.5 Å². The summed E-state index contributed by atoms with van der Waals surface area (Å²) >= 11 is 0. The van der Waals surface area contributed by atoms with Crippen LogP contribution in [0.4, 0.5) is 0 Å². The topological polar surface area (TPSA) is 55.9 Å². The highest BCUT2D eigenvalue weighted by molar-refractivity contribution is 5.14. The molecule has 0 bridgehead atoms. The standard InChI is InChI=1S/C11H16N4O/c1-3-15-8-13-14-11(15)7-12-6-10-9(2)4-5-16-10/h4-5,8,12H,3,6-7H2,1-2H3. The summed E-state index contributed by atoms with van der Waals surface area (Å²) in [4.78, 5) is 0. The molecule has 1 N–H and O–H groups in total. The van der Waals surface area contributed by atoms with E-state index in [4.69, 9.17) is 4.42 Å². The molecule has 16 heavy (non-hydrogen) atoms. The molecule has 0 spiro atoms. The highest BCUT2D eigenvalue weighted by atomic mass is 16.3. The van der Waals surface area contributed by atoms with Gasteiger partial charge in [0.2, 0.25) is 0 Å². The summed E-state index contributed by atoms with van der Waals surface area (Å²) in [7, 11) is 0. The van der Waals surface area contributed by atoms with E-state index in [0.29, 0.717) is 6.54 Å². The van der Waals surface area contributed by atoms with Crippen LogP contribution < -0.4 is 5.32 Å². The third kappa shape index (κ3) is 2.30. The molecule has 2 heterocycles. The molecular weight excluding hydrogens is 204 g/mol. The van der Waals surface area contributed by atoms with Gasteiger partial charge in [0.1, 0.15) is 17.9 Å². The van der Waals surface area contributed by atoms with Crippen LogP contribution in [0.15, 0.2) is 23.1 Å². The van der Waals surface area contributed by atoms with Crippen molar-refractivity contribution in [3.63, 3.8) is 0 Å². The van der Waals surface area contributed by atoms with Gasteiger partial charge in [0.05, 0.1) is 19.4 Å². The van der Waals surface area contributed by atoms with E-state index < -0.39 is 0 Å². The van der Waals surface area contributed by atoms with Gasteiger partial charge in [-0.15, -0.1) is 10.2 Å². The van der Waals surface area contributed by atoms with Gasteiger partial charge >= 0.3 is 0 Å². The van der Waals surface area contributed by atoms with Crippen molar-refractivity contribution < 1.29 is 4.42 Å². The maximum absolute atomic E-state index is 5.33. The monoisotopic (exact) mass is 220 g/mol. The summed E-state index contributed by atoms with van der Waals surface area (Å²) < 4.78 is 7.35. The molecule has 0 aliphatic heterocycles. The Morgan fingerprint density at radius 2 is 2.31 bits per heavy atom. The third-order valence-electron chi connectivity index (χ3n) is 2.57. The Bertz CT molecular complexity index is 446. The van der Waals surface area contributed by atoms with E-state index in [1.807, 2.05) is 17.6 Å². The van der Waals surface area contributed by atoms with Crippen LogP contribution >= 0.6 is 0 Å². The number of nitrogens with zero attached hydrogens (tertiary/aromatic N) is 3. The van der Waals surface area contributed by atoms with Crippen molar-refractivity contribution in [2.75, 3.05) is 0 Å². The molecule has 5 heteroatoms. The second kappa shape index (κ2) is 4.94. The van der Waals surface area contributed by atoms with E-state index >= 15 is 0 Å². The normalized spacial score (nSPS) is 10.9. The van der Waals surface area contributed by atoms with Crippen LogP contribution in [0.25, 0.3) is 0 Å². The van der Waals surface area contributed by atoms with E-state index in [1.54, 1.807) is 12.6 Å². The van der Waals surface area contributed by atoms with Gasteiger partial charge in [0.25, 0.3) is 0 Å². The average molecular weight is 220 g/mol. The zero-order chi connectivity index (χ0) is 11.4. The summed E-state index contributed by atoms with van der Waals surface area (Å²) in [5.41, 5.74) is 1.17. The number of furan rings is 1. The fourth-order valence-corrected chi connectivity index (χ4v) is 1.55. The van der Waals surface area contributed by atoms with Crippen molar-refractivity contribution in [2.45, 2.75) is 33.5 Å². The molecule has 2 rings (SSSR count). The molecule has 0 unspecified atom stereocenters. The fraction of sp³-hybridized carbons (Fsp3) is 0.455. The first kappa shape index (κ1) is 10.9. The van der Waals surface area contributed by atoms with Gasteiger partial charge in [-0.05, 0) is 25.5 Å². The van der Waals surface area contributed by atoms with Gasteiger partial charge in [-0.1, -0.05) is 0 Å². The largest absolute Gasteiger partial charge is 0.468 e. The number of hydrogen-bond acceptors (Lipinski definition) is 4. The van der Waals surface area contributed by atoms with Crippen LogP contribution in [0.3, 0.4) is 0 Å². The lowest BCUT2D eigenvalue weighted by Gasteiger charge is -2.04. The predicted molar refractivity (Wildman–Crippen MR) is 59.7 cm³/mol. The minimum Gasteiger partial charge on any atom is -0.468 e. The first-order chi connectivity index (χ1) is 7.81. The Hall–Kier alpha value is -1.62. The van der Waals surface area contributed by atoms with Gasteiger partial charge in [-0.3, -0.25) is 0 Å². The van der Waals surface area contributed by atoms with Crippen molar-refractivity contribution in [3.05, 3.63) is 35.8 Å². The second-order valence-electron chi connectivity index (χ2n) is 3.66. The quantitative estimate of drug-likeness (QED) is 0.829. The number of hydrogen-bond donors (Lipinski definition) is 1. The van der Waals surface area contributed by atoms with Gasteiger partial charge in [-0.2, -0.15) is 0 Å². The van der Waals surface area contributed by atoms with Crippen molar-refractivity contribution in [3.8, 4) is 0 Å². The predicted octanol–water partition coefficient (Wildman–Crippen LogP) is 1.49. The number of aryl methyl sites for hydroxylation is 2. The molecule has 0 radical (unpaired) electrons. The fourth-order valence-electron chi connectivity index (χ4n) is 1.55. The highest BCUT2D eigenvalue weighted by Crippen LogP contribution is 2.08. The minimum atomic E-state index is 0.702. The summed E-state index contributed by atoms with van der Waals surface area (Å²) in [6.45, 7) is 6.42. The first-order valence-corrected chi connectivity index (χ1v) is 5.41. The molecule has 0 aliphatic carbocycles. The summed E-state index contributed by atoms with van der Waals surface area (Å²) in [5, 5.41) is 11.2. The Morgan fingerprint density at radius 3 is 3.00 bits per heavy atom. The van der Waals surface area contributed by atoms with Crippen molar-refractivity contribution in [1.29, 1.82) is 0 Å². The van der Waals surface area contributed by atoms with Gasteiger partial charge in [0.15, 0.2) is 0 Å². The van der Waals surface area contributed by atoms with E-state index in [-0.39, 0.29) is 0 Å². The molecule has 0 atom stereocenters. The number of nitrogens with one attached hydrogen (secondary N) is 1. The summed E-state index contributed by atoms with van der Waals surface area (Å²) in [6.07, 6.45) is 3.45. The number of aromatic nitrogens is 3. The van der Waals surface area contributed by atoms with Crippen LogP contribution in [0.5, 0.6) is 0 Å². The second-order valence-corrected chi connectivity index (χ2v) is 3.66. The molecular formula is C11H16N4O. The van der Waals surface area contributed by atoms with Crippen molar-refractivity contribution in [2.24, 2.45) is 0 Å². The van der Waals surface area contributed by atoms with Crippen LogP contribution in [-0.4, -0.2) is 14.8 Å². The molecule has 0 aromatic carbocycles. The Kier molecular flexibility index (Phi) is 3.36. The van der Waals surface area contributed by atoms with Crippen LogP contribution in [-0.2, 0) is 19.6 Å². The third-order valence-corrected chi connectivity index (χ3v) is 2.57. The van der Waals surface area contributed by atoms with Crippen LogP contribution in [0, 0.1) is 6.92 Å². The highest BCUT2D eigenvalue weighted by Gasteiger charge is 2.04. The van der Waals surface area contributed by atoms with Crippen molar-refractivity contribution in [1.82, 2.24) is 20.1 Å². The lowest BCUT2D eigenvalue weighted by molar-refractivity contribution is 0.474. The van der Waals surface area contributed by atoms with E-state index in [2.05, 4.69) is 22.4 Å². The Balaban J connectivity index is 1.87. The van der Waals surface area contributed by atoms with E-state index in [1.165, 1.54) is 5.56 Å². The molecule has 0 amide bonds. The molecule has 86 valence electrons. The summed E-state index contributed by atoms with van der Waals surface area (Å²) in [6, 6.07) is 1.96. The zero-order valence-corrected chi connectivity index (χ0v) is 9.60. The first-order valence-electron chi connectivity index (χ1n) is 5.41. The smallest absolute Gasteiger partial charge is 0.146 e. The van der Waals surface area contributed by atoms with E-state index in [9.17, 15) is 0 Å².